The summed E-state index contributed by atoms with van der Waals surface area (Å²) in [5, 5.41) is 2.50. The average Bonchev–Trinajstić information content (AvgIpc) is 3.70. The van der Waals surface area contributed by atoms with Crippen LogP contribution in [0.3, 0.4) is 0 Å². The summed E-state index contributed by atoms with van der Waals surface area (Å²) in [6, 6.07) is 12.5. The quantitative estimate of drug-likeness (QED) is 0.277. The second-order valence-corrected chi connectivity index (χ2v) is 10.0. The van der Waals surface area contributed by atoms with Gasteiger partial charge in [-0.3, -0.25) is 9.98 Å². The maximum atomic E-state index is 5.46. The topological polar surface area (TPSA) is 103 Å². The molecule has 0 spiro atoms. The molecule has 3 N–H and O–H groups in total. The Hall–Kier alpha value is -4.33. The van der Waals surface area contributed by atoms with Crippen LogP contribution in [0.5, 0.6) is 11.5 Å². The second kappa shape index (κ2) is 9.20. The summed E-state index contributed by atoms with van der Waals surface area (Å²) in [6.45, 7) is 1.60. The van der Waals surface area contributed by atoms with Crippen LogP contribution in [-0.4, -0.2) is 58.7 Å². The fourth-order valence-corrected chi connectivity index (χ4v) is 6.08. The number of aromatic nitrogens is 4. The highest BCUT2D eigenvalue weighted by atomic mass is 16.5. The maximum Gasteiger partial charge on any atom is 0.120 e. The van der Waals surface area contributed by atoms with Gasteiger partial charge in [0, 0.05) is 77.7 Å². The molecule has 8 nitrogen and oxygen atoms in total. The van der Waals surface area contributed by atoms with Crippen molar-refractivity contribution < 1.29 is 9.47 Å². The first-order valence-corrected chi connectivity index (χ1v) is 13.1. The molecule has 0 bridgehead atoms. The van der Waals surface area contributed by atoms with E-state index in [9.17, 15) is 0 Å². The van der Waals surface area contributed by atoms with Crippen molar-refractivity contribution in [2.75, 3.05) is 27.3 Å². The number of hydrogen-bond donors (Lipinski definition) is 3. The molecule has 7 rings (SSSR count). The minimum Gasteiger partial charge on any atom is -0.497 e. The molecule has 5 heterocycles. The molecular weight excluding hydrogens is 476 g/mol. The molecule has 0 aliphatic carbocycles. The van der Waals surface area contributed by atoms with E-state index in [1.165, 1.54) is 21.9 Å². The van der Waals surface area contributed by atoms with Gasteiger partial charge in [-0.15, -0.1) is 0 Å². The minimum absolute atomic E-state index is 0.161. The van der Waals surface area contributed by atoms with E-state index < -0.39 is 0 Å². The number of fused-ring (bicyclic) bond motifs is 6. The highest BCUT2D eigenvalue weighted by molar-refractivity contribution is 6.09. The van der Waals surface area contributed by atoms with E-state index in [0.29, 0.717) is 0 Å². The Kier molecular flexibility index (Phi) is 5.53. The number of nitrogens with zero attached hydrogens (tertiary/aromatic N) is 3. The number of hydrogen-bond acceptors (Lipinski definition) is 5. The van der Waals surface area contributed by atoms with Gasteiger partial charge in [-0.25, -0.2) is 4.98 Å². The molecule has 0 saturated carbocycles. The molecule has 0 fully saturated rings. The Bertz CT molecular complexity index is 1600. The zero-order valence-corrected chi connectivity index (χ0v) is 21.6. The van der Waals surface area contributed by atoms with E-state index >= 15 is 0 Å². The van der Waals surface area contributed by atoms with Crippen molar-refractivity contribution in [3.8, 4) is 11.5 Å². The lowest BCUT2D eigenvalue weighted by Gasteiger charge is -2.22. The van der Waals surface area contributed by atoms with E-state index in [2.05, 4.69) is 44.2 Å². The molecule has 2 aliphatic rings. The highest BCUT2D eigenvalue weighted by Gasteiger charge is 2.28. The molecule has 192 valence electrons. The number of nitrogens with one attached hydrogen (secondary N) is 3. The zero-order chi connectivity index (χ0) is 25.6. The van der Waals surface area contributed by atoms with E-state index in [-0.39, 0.29) is 5.92 Å². The van der Waals surface area contributed by atoms with E-state index in [0.717, 1.165) is 89.8 Å². The Morgan fingerprint density at radius 3 is 1.82 bits per heavy atom. The second-order valence-electron chi connectivity index (χ2n) is 10.0. The predicted octanol–water partition coefficient (Wildman–Crippen LogP) is 5.34. The largest absolute Gasteiger partial charge is 0.497 e. The lowest BCUT2D eigenvalue weighted by molar-refractivity contribution is 0.415. The van der Waals surface area contributed by atoms with Gasteiger partial charge in [0.1, 0.15) is 11.5 Å². The van der Waals surface area contributed by atoms with Gasteiger partial charge in [0.2, 0.25) is 0 Å². The van der Waals surface area contributed by atoms with E-state index in [1.54, 1.807) is 20.5 Å². The van der Waals surface area contributed by atoms with Crippen LogP contribution < -0.4 is 9.47 Å². The van der Waals surface area contributed by atoms with Gasteiger partial charge in [0.25, 0.3) is 0 Å². The smallest absolute Gasteiger partial charge is 0.120 e. The van der Waals surface area contributed by atoms with Crippen LogP contribution in [0.1, 0.15) is 47.0 Å². The molecule has 38 heavy (non-hydrogen) atoms. The SMILES string of the molecule is COc1ccc2c3c([nH]c2c1)C(CC(CC1=NCCc2c1[nH]c1cc(OC)ccc21)c1cnc[nH]1)=NCC3. The maximum absolute atomic E-state index is 5.46. The summed E-state index contributed by atoms with van der Waals surface area (Å²) >= 11 is 0. The van der Waals surface area contributed by atoms with Crippen molar-refractivity contribution in [2.24, 2.45) is 9.98 Å². The summed E-state index contributed by atoms with van der Waals surface area (Å²) < 4.78 is 10.9. The van der Waals surface area contributed by atoms with Crippen LogP contribution in [0, 0.1) is 0 Å². The van der Waals surface area contributed by atoms with E-state index in [4.69, 9.17) is 19.5 Å². The van der Waals surface area contributed by atoms with Crippen molar-refractivity contribution >= 4 is 33.2 Å². The Labute approximate surface area is 220 Å². The number of methoxy groups -OCH3 is 2. The van der Waals surface area contributed by atoms with Gasteiger partial charge >= 0.3 is 0 Å². The van der Waals surface area contributed by atoms with Gasteiger partial charge in [-0.2, -0.15) is 0 Å². The third-order valence-electron chi connectivity index (χ3n) is 7.97. The minimum atomic E-state index is 0.161. The first-order valence-electron chi connectivity index (χ1n) is 13.1. The van der Waals surface area contributed by atoms with Crippen LogP contribution >= 0.6 is 0 Å². The van der Waals surface area contributed by atoms with Gasteiger partial charge in [0.15, 0.2) is 0 Å². The van der Waals surface area contributed by atoms with Gasteiger partial charge < -0.3 is 24.4 Å². The molecule has 0 unspecified atom stereocenters. The normalized spacial score (nSPS) is 14.9. The van der Waals surface area contributed by atoms with Crippen LogP contribution in [0.2, 0.25) is 0 Å². The monoisotopic (exact) mass is 506 g/mol. The number of H-pyrrole nitrogens is 3. The molecule has 0 radical (unpaired) electrons. The molecule has 0 atom stereocenters. The predicted molar refractivity (Wildman–Crippen MR) is 150 cm³/mol. The fraction of sp³-hybridized carbons (Fsp3) is 0.300. The Morgan fingerprint density at radius 2 is 1.34 bits per heavy atom. The molecule has 2 aliphatic heterocycles. The number of aliphatic imine (C=N–C) groups is 2. The van der Waals surface area contributed by atoms with Crippen molar-refractivity contribution in [1.82, 2.24) is 19.9 Å². The van der Waals surface area contributed by atoms with E-state index in [1.807, 2.05) is 18.3 Å². The Balaban J connectivity index is 1.23. The molecule has 8 heteroatoms. The third-order valence-corrected chi connectivity index (χ3v) is 7.97. The zero-order valence-electron chi connectivity index (χ0n) is 21.6. The fourth-order valence-electron chi connectivity index (χ4n) is 6.08. The molecule has 0 amide bonds. The lowest BCUT2D eigenvalue weighted by atomic mass is 9.87. The van der Waals surface area contributed by atoms with Crippen molar-refractivity contribution in [3.05, 3.63) is 77.1 Å². The van der Waals surface area contributed by atoms with Crippen molar-refractivity contribution in [3.63, 3.8) is 0 Å². The van der Waals surface area contributed by atoms with Gasteiger partial charge in [-0.05, 0) is 48.2 Å². The third kappa shape index (κ3) is 3.79. The molecule has 3 aromatic heterocycles. The summed E-state index contributed by atoms with van der Waals surface area (Å²) in [5.41, 5.74) is 10.5. The van der Waals surface area contributed by atoms with Gasteiger partial charge in [-0.1, -0.05) is 0 Å². The summed E-state index contributed by atoms with van der Waals surface area (Å²) in [5.74, 6) is 1.87. The van der Waals surface area contributed by atoms with Crippen LogP contribution in [0.15, 0.2) is 58.9 Å². The van der Waals surface area contributed by atoms with Crippen molar-refractivity contribution in [1.29, 1.82) is 0 Å². The number of benzene rings is 2. The van der Waals surface area contributed by atoms with Crippen LogP contribution in [0.25, 0.3) is 21.8 Å². The number of ether oxygens (including phenoxy) is 2. The summed E-state index contributed by atoms with van der Waals surface area (Å²) in [7, 11) is 3.41. The van der Waals surface area contributed by atoms with Crippen LogP contribution in [-0.2, 0) is 12.8 Å². The molecule has 0 saturated heterocycles. The Morgan fingerprint density at radius 1 is 0.789 bits per heavy atom. The number of imidazole rings is 1. The number of aromatic amines is 3. The standard InChI is InChI=1S/C30H30N6O2/c1-37-18-3-5-20-22-7-9-32-26(29(22)35-24(20)13-18)11-17(28-15-31-16-34-28)12-27-30-23(8-10-33-27)21-6-4-19(38-2)14-25(21)36-30/h3-6,13-17,35-36H,7-12H2,1-2H3,(H,31,34). The highest BCUT2D eigenvalue weighted by Crippen LogP contribution is 2.35. The summed E-state index contributed by atoms with van der Waals surface area (Å²) in [6.07, 6.45) is 7.16. The molecule has 5 aromatic rings. The van der Waals surface area contributed by atoms with Crippen LogP contribution in [0.4, 0.5) is 0 Å². The lowest BCUT2D eigenvalue weighted by Crippen LogP contribution is -2.20. The van der Waals surface area contributed by atoms with Gasteiger partial charge in [0.05, 0.1) is 43.4 Å². The summed E-state index contributed by atoms with van der Waals surface area (Å²) in [4.78, 5) is 25.0. The average molecular weight is 507 g/mol. The first-order chi connectivity index (χ1) is 18.7. The molecular formula is C30H30N6O2. The van der Waals surface area contributed by atoms with Crippen molar-refractivity contribution in [2.45, 2.75) is 31.6 Å². The number of rotatable bonds is 7. The molecule has 2 aromatic carbocycles. The first kappa shape index (κ1) is 22.8.